The number of hydrogen-bond acceptors (Lipinski definition) is 2. The van der Waals surface area contributed by atoms with Gasteiger partial charge in [-0.15, -0.1) is 0 Å². The van der Waals surface area contributed by atoms with Gasteiger partial charge in [0.1, 0.15) is 0 Å². The van der Waals surface area contributed by atoms with Crippen molar-refractivity contribution in [2.24, 2.45) is 11.3 Å². The highest BCUT2D eigenvalue weighted by Gasteiger charge is 2.32. The molecule has 0 saturated heterocycles. The summed E-state index contributed by atoms with van der Waals surface area (Å²) in [6.45, 7) is 16.6. The Kier molecular flexibility index (Phi) is 8.89. The van der Waals surface area contributed by atoms with Gasteiger partial charge in [-0.05, 0) is 30.7 Å². The van der Waals surface area contributed by atoms with E-state index in [1.165, 1.54) is 71.1 Å². The largest absolute Gasteiger partial charge is 0.314 e. The lowest BCUT2D eigenvalue weighted by Gasteiger charge is -2.39. The lowest BCUT2D eigenvalue weighted by molar-refractivity contribution is 0.116. The quantitative estimate of drug-likeness (QED) is 0.621. The molecule has 0 heterocycles. The monoisotopic (exact) mass is 296 g/mol. The highest BCUT2D eigenvalue weighted by atomic mass is 15.1. The van der Waals surface area contributed by atoms with E-state index in [2.05, 4.69) is 44.8 Å². The van der Waals surface area contributed by atoms with Crippen molar-refractivity contribution in [2.45, 2.75) is 85.6 Å². The molecule has 1 saturated carbocycles. The van der Waals surface area contributed by atoms with E-state index < -0.39 is 0 Å². The van der Waals surface area contributed by atoms with Gasteiger partial charge in [0.05, 0.1) is 0 Å². The van der Waals surface area contributed by atoms with Gasteiger partial charge in [0, 0.05) is 25.7 Å². The predicted molar refractivity (Wildman–Crippen MR) is 94.8 cm³/mol. The maximum Gasteiger partial charge on any atom is 0.00501 e. The first kappa shape index (κ1) is 19.0. The average molecular weight is 297 g/mol. The van der Waals surface area contributed by atoms with Crippen LogP contribution >= 0.6 is 0 Å². The van der Waals surface area contributed by atoms with E-state index in [1.807, 2.05) is 0 Å². The fourth-order valence-corrected chi connectivity index (χ4v) is 3.64. The van der Waals surface area contributed by atoms with Crippen LogP contribution in [0.5, 0.6) is 0 Å². The lowest BCUT2D eigenvalue weighted by Crippen LogP contribution is -2.46. The Labute approximate surface area is 134 Å². The van der Waals surface area contributed by atoms with E-state index in [1.54, 1.807) is 0 Å². The van der Waals surface area contributed by atoms with Gasteiger partial charge in [-0.3, -0.25) is 0 Å². The first-order valence-electron chi connectivity index (χ1n) is 9.47. The lowest BCUT2D eigenvalue weighted by atomic mass is 9.79. The first-order valence-corrected chi connectivity index (χ1v) is 9.47. The van der Waals surface area contributed by atoms with Gasteiger partial charge in [0.2, 0.25) is 0 Å². The van der Waals surface area contributed by atoms with E-state index in [4.69, 9.17) is 0 Å². The van der Waals surface area contributed by atoms with E-state index in [-0.39, 0.29) is 0 Å². The Morgan fingerprint density at radius 1 is 1.00 bits per heavy atom. The van der Waals surface area contributed by atoms with Gasteiger partial charge in [-0.1, -0.05) is 66.7 Å². The van der Waals surface area contributed by atoms with Crippen molar-refractivity contribution < 1.29 is 0 Å². The minimum absolute atomic E-state index is 0.518. The molecule has 0 aliphatic heterocycles. The van der Waals surface area contributed by atoms with Gasteiger partial charge in [-0.25, -0.2) is 0 Å². The molecule has 126 valence electrons. The van der Waals surface area contributed by atoms with Crippen LogP contribution in [0.4, 0.5) is 0 Å². The third-order valence-corrected chi connectivity index (χ3v) is 5.32. The molecular weight excluding hydrogens is 256 g/mol. The normalized spacial score (nSPS) is 20.7. The summed E-state index contributed by atoms with van der Waals surface area (Å²) in [4.78, 5) is 2.72. The fraction of sp³-hybridized carbons (Fsp3) is 1.00. The van der Waals surface area contributed by atoms with Crippen LogP contribution in [0, 0.1) is 11.3 Å². The second kappa shape index (κ2) is 9.84. The Morgan fingerprint density at radius 3 is 2.10 bits per heavy atom. The molecule has 1 rings (SSSR count). The summed E-state index contributed by atoms with van der Waals surface area (Å²) in [5, 5.41) is 3.75. The van der Waals surface area contributed by atoms with Crippen LogP contribution in [0.15, 0.2) is 0 Å². The molecule has 0 aromatic rings. The molecule has 0 aromatic carbocycles. The van der Waals surface area contributed by atoms with Crippen molar-refractivity contribution in [1.82, 2.24) is 10.2 Å². The fourth-order valence-electron chi connectivity index (χ4n) is 3.64. The zero-order valence-electron chi connectivity index (χ0n) is 15.4. The van der Waals surface area contributed by atoms with Crippen LogP contribution in [0.25, 0.3) is 0 Å². The number of nitrogens with zero attached hydrogens (tertiary/aromatic N) is 1. The van der Waals surface area contributed by atoms with Crippen molar-refractivity contribution in [3.63, 3.8) is 0 Å². The standard InChI is InChI=1S/C19H40N2/c1-6-18(5)14-21(7-2)16-19(15-20-17(3)4)12-10-8-9-11-13-19/h17-18,20H,6-16H2,1-5H3. The van der Waals surface area contributed by atoms with E-state index in [9.17, 15) is 0 Å². The maximum atomic E-state index is 3.75. The van der Waals surface area contributed by atoms with Crippen LogP contribution in [-0.4, -0.2) is 37.1 Å². The Balaban J connectivity index is 2.68. The molecule has 1 aliphatic rings. The smallest absolute Gasteiger partial charge is 0.00501 e. The van der Waals surface area contributed by atoms with Crippen LogP contribution in [-0.2, 0) is 0 Å². The minimum atomic E-state index is 0.518. The van der Waals surface area contributed by atoms with Crippen molar-refractivity contribution in [3.05, 3.63) is 0 Å². The Hall–Kier alpha value is -0.0800. The summed E-state index contributed by atoms with van der Waals surface area (Å²) in [6, 6.07) is 0.606. The Bertz CT molecular complexity index is 254. The summed E-state index contributed by atoms with van der Waals surface area (Å²) in [6.07, 6.45) is 9.89. The molecule has 1 N–H and O–H groups in total. The van der Waals surface area contributed by atoms with Gasteiger partial charge < -0.3 is 10.2 Å². The summed E-state index contributed by atoms with van der Waals surface area (Å²) >= 11 is 0. The van der Waals surface area contributed by atoms with Gasteiger partial charge in [0.25, 0.3) is 0 Å². The highest BCUT2D eigenvalue weighted by Crippen LogP contribution is 2.35. The number of nitrogens with one attached hydrogen (secondary N) is 1. The highest BCUT2D eigenvalue weighted by molar-refractivity contribution is 4.87. The summed E-state index contributed by atoms with van der Waals surface area (Å²) in [7, 11) is 0. The molecule has 1 fully saturated rings. The summed E-state index contributed by atoms with van der Waals surface area (Å²) in [5.41, 5.74) is 0.518. The topological polar surface area (TPSA) is 15.3 Å². The molecular formula is C19H40N2. The third-order valence-electron chi connectivity index (χ3n) is 5.32. The molecule has 0 radical (unpaired) electrons. The molecule has 21 heavy (non-hydrogen) atoms. The number of rotatable bonds is 9. The van der Waals surface area contributed by atoms with Crippen LogP contribution in [0.3, 0.4) is 0 Å². The number of hydrogen-bond donors (Lipinski definition) is 1. The molecule has 0 aromatic heterocycles. The molecule has 1 unspecified atom stereocenters. The van der Waals surface area contributed by atoms with Crippen molar-refractivity contribution in [1.29, 1.82) is 0 Å². The summed E-state index contributed by atoms with van der Waals surface area (Å²) < 4.78 is 0. The predicted octanol–water partition coefficient (Wildman–Crippen LogP) is 4.69. The molecule has 2 heteroatoms. The zero-order valence-corrected chi connectivity index (χ0v) is 15.4. The van der Waals surface area contributed by atoms with Crippen molar-refractivity contribution in [3.8, 4) is 0 Å². The molecule has 0 spiro atoms. The molecule has 0 amide bonds. The first-order chi connectivity index (χ1) is 10.0. The summed E-state index contributed by atoms with van der Waals surface area (Å²) in [5.74, 6) is 0.825. The average Bonchev–Trinajstić information content (AvgIpc) is 2.70. The molecule has 2 nitrogen and oxygen atoms in total. The second-order valence-corrected chi connectivity index (χ2v) is 7.79. The van der Waals surface area contributed by atoms with Crippen LogP contribution in [0.1, 0.15) is 79.6 Å². The van der Waals surface area contributed by atoms with Crippen molar-refractivity contribution in [2.75, 3.05) is 26.2 Å². The zero-order chi connectivity index (χ0) is 15.7. The van der Waals surface area contributed by atoms with E-state index in [0.717, 1.165) is 5.92 Å². The van der Waals surface area contributed by atoms with Gasteiger partial charge in [-0.2, -0.15) is 0 Å². The van der Waals surface area contributed by atoms with Crippen LogP contribution in [0.2, 0.25) is 0 Å². The van der Waals surface area contributed by atoms with E-state index >= 15 is 0 Å². The van der Waals surface area contributed by atoms with Crippen LogP contribution < -0.4 is 5.32 Å². The SMILES string of the molecule is CCC(C)CN(CC)CC1(CNC(C)C)CCCCCC1. The molecule has 0 bridgehead atoms. The Morgan fingerprint density at radius 2 is 1.62 bits per heavy atom. The maximum absolute atomic E-state index is 3.75. The second-order valence-electron chi connectivity index (χ2n) is 7.79. The third kappa shape index (κ3) is 7.15. The van der Waals surface area contributed by atoms with Gasteiger partial charge >= 0.3 is 0 Å². The molecule has 1 aliphatic carbocycles. The van der Waals surface area contributed by atoms with E-state index in [0.29, 0.717) is 11.5 Å². The van der Waals surface area contributed by atoms with Gasteiger partial charge in [0.15, 0.2) is 0 Å². The van der Waals surface area contributed by atoms with Crippen molar-refractivity contribution >= 4 is 0 Å². The molecule has 1 atom stereocenters. The minimum Gasteiger partial charge on any atom is -0.314 e.